The molecule has 0 bridgehead atoms. The number of ether oxygens (including phenoxy) is 1. The Balaban J connectivity index is 2.15. The number of sulfonamides is 1. The highest BCUT2D eigenvalue weighted by Crippen LogP contribution is 2.35. The predicted octanol–water partition coefficient (Wildman–Crippen LogP) is 6.88. The van der Waals surface area contributed by atoms with E-state index in [2.05, 4.69) is 5.32 Å². The molecule has 2 amide bonds. The van der Waals surface area contributed by atoms with Crippen molar-refractivity contribution in [1.82, 2.24) is 10.2 Å². The summed E-state index contributed by atoms with van der Waals surface area (Å²) in [5.41, 5.74) is 1.49. The van der Waals surface area contributed by atoms with Gasteiger partial charge in [-0.2, -0.15) is 0 Å². The maximum Gasteiger partial charge on any atom is 0.264 e. The second kappa shape index (κ2) is 15.1. The number of anilines is 1. The topological polar surface area (TPSA) is 96.0 Å². The number of nitrogens with zero attached hydrogens (tertiary/aromatic N) is 2. The molecule has 2 atom stereocenters. The van der Waals surface area contributed by atoms with Gasteiger partial charge in [0.2, 0.25) is 11.8 Å². The normalized spacial score (nSPS) is 12.7. The van der Waals surface area contributed by atoms with Gasteiger partial charge in [0.25, 0.3) is 10.0 Å². The number of rotatable bonds is 13. The van der Waals surface area contributed by atoms with Crippen LogP contribution in [0.4, 0.5) is 5.69 Å². The first-order valence-electron chi connectivity index (χ1n) is 13.8. The van der Waals surface area contributed by atoms with Crippen molar-refractivity contribution in [3.63, 3.8) is 0 Å². The van der Waals surface area contributed by atoms with Crippen molar-refractivity contribution in [3.05, 3.63) is 86.9 Å². The second-order valence-corrected chi connectivity index (χ2v) is 13.3. The number of carbonyl (C=O) groups is 2. The zero-order chi connectivity index (χ0) is 31.9. The average molecular weight is 669 g/mol. The SMILES string of the molecule is CCC(C)NC(=O)C(CC)N(Cc1ccc(Cl)cc1Cl)C(=O)CN(c1cc(Cl)ccc1OC)S(=O)(=O)c1ccc(C)cc1. The third-order valence-corrected chi connectivity index (χ3v) is 9.64. The van der Waals surface area contributed by atoms with Crippen molar-refractivity contribution in [2.45, 2.75) is 64.1 Å². The van der Waals surface area contributed by atoms with Gasteiger partial charge in [0, 0.05) is 27.7 Å². The maximum absolute atomic E-state index is 14.3. The van der Waals surface area contributed by atoms with E-state index in [-0.39, 0.29) is 46.3 Å². The van der Waals surface area contributed by atoms with E-state index >= 15 is 0 Å². The molecule has 3 rings (SSSR count). The highest BCUT2D eigenvalue weighted by Gasteiger charge is 2.35. The average Bonchev–Trinajstić information content (AvgIpc) is 2.96. The summed E-state index contributed by atoms with van der Waals surface area (Å²) in [6.45, 7) is 6.72. The number of methoxy groups -OCH3 is 1. The Morgan fingerprint density at radius 3 is 2.14 bits per heavy atom. The van der Waals surface area contributed by atoms with E-state index in [1.807, 2.05) is 20.8 Å². The van der Waals surface area contributed by atoms with Crippen molar-refractivity contribution in [3.8, 4) is 5.75 Å². The number of hydrogen-bond acceptors (Lipinski definition) is 5. The van der Waals surface area contributed by atoms with Crippen LogP contribution in [0.1, 0.15) is 44.7 Å². The van der Waals surface area contributed by atoms with Gasteiger partial charge in [-0.25, -0.2) is 8.42 Å². The highest BCUT2D eigenvalue weighted by molar-refractivity contribution is 7.92. The van der Waals surface area contributed by atoms with Gasteiger partial charge < -0.3 is 15.0 Å². The van der Waals surface area contributed by atoms with Crippen LogP contribution in [0.2, 0.25) is 15.1 Å². The lowest BCUT2D eigenvalue weighted by atomic mass is 10.1. The summed E-state index contributed by atoms with van der Waals surface area (Å²) in [5, 5.41) is 3.91. The maximum atomic E-state index is 14.3. The fourth-order valence-corrected chi connectivity index (χ4v) is 6.45. The lowest BCUT2D eigenvalue weighted by Gasteiger charge is -2.34. The number of aryl methyl sites for hydroxylation is 1. The van der Waals surface area contributed by atoms with Crippen molar-refractivity contribution in [2.75, 3.05) is 18.0 Å². The number of benzene rings is 3. The largest absolute Gasteiger partial charge is 0.495 e. The number of carbonyl (C=O) groups excluding carboxylic acids is 2. The standard InChI is InChI=1S/C31H36Cl3N3O5S/c1-6-21(4)35-31(39)27(7-2)36(18-22-10-11-23(32)16-26(22)34)30(38)19-37(28-17-24(33)12-15-29(28)42-5)43(40,41)25-13-8-20(3)9-14-25/h8-17,21,27H,6-7,18-19H2,1-5H3,(H,35,39). The van der Waals surface area contributed by atoms with Crippen LogP contribution in [-0.4, -0.2) is 50.9 Å². The molecule has 0 spiro atoms. The minimum Gasteiger partial charge on any atom is -0.495 e. The molecule has 0 aliphatic carbocycles. The molecule has 2 unspecified atom stereocenters. The molecule has 0 heterocycles. The fourth-order valence-electron chi connectivity index (χ4n) is 4.40. The van der Waals surface area contributed by atoms with E-state index in [9.17, 15) is 18.0 Å². The number of halogens is 3. The predicted molar refractivity (Wildman–Crippen MR) is 173 cm³/mol. The monoisotopic (exact) mass is 667 g/mol. The summed E-state index contributed by atoms with van der Waals surface area (Å²) in [5.74, 6) is -0.791. The smallest absolute Gasteiger partial charge is 0.264 e. The van der Waals surface area contributed by atoms with Gasteiger partial charge in [-0.15, -0.1) is 0 Å². The van der Waals surface area contributed by atoms with Crippen molar-refractivity contribution < 1.29 is 22.7 Å². The summed E-state index contributed by atoms with van der Waals surface area (Å²) < 4.78 is 34.7. The Hall–Kier alpha value is -2.98. The lowest BCUT2D eigenvalue weighted by molar-refractivity contribution is -0.140. The molecule has 0 radical (unpaired) electrons. The molecule has 1 N–H and O–H groups in total. The van der Waals surface area contributed by atoms with E-state index < -0.39 is 28.5 Å². The molecule has 0 aliphatic rings. The summed E-state index contributed by atoms with van der Waals surface area (Å²) in [7, 11) is -2.91. The number of nitrogens with one attached hydrogen (secondary N) is 1. The highest BCUT2D eigenvalue weighted by atomic mass is 35.5. The molecule has 0 aliphatic heterocycles. The van der Waals surface area contributed by atoms with Crippen molar-refractivity contribution >= 4 is 62.3 Å². The summed E-state index contributed by atoms with van der Waals surface area (Å²) in [6.07, 6.45) is 0.959. The Kier molecular flexibility index (Phi) is 12.2. The van der Waals surface area contributed by atoms with Crippen LogP contribution in [0.3, 0.4) is 0 Å². The number of amides is 2. The molecule has 12 heteroatoms. The molecule has 3 aromatic carbocycles. The quantitative estimate of drug-likeness (QED) is 0.214. The molecule has 0 saturated carbocycles. The summed E-state index contributed by atoms with van der Waals surface area (Å²) in [4.78, 5) is 29.0. The van der Waals surface area contributed by atoms with Crippen LogP contribution in [-0.2, 0) is 26.2 Å². The zero-order valence-corrected chi connectivity index (χ0v) is 27.8. The molecule has 0 fully saturated rings. The third kappa shape index (κ3) is 8.56. The summed E-state index contributed by atoms with van der Waals surface area (Å²) >= 11 is 18.9. The van der Waals surface area contributed by atoms with Crippen LogP contribution in [0.15, 0.2) is 65.6 Å². The minimum atomic E-state index is -4.31. The van der Waals surface area contributed by atoms with Gasteiger partial charge in [-0.3, -0.25) is 13.9 Å². The Morgan fingerprint density at radius 1 is 0.930 bits per heavy atom. The molecular formula is C31H36Cl3N3O5S. The number of hydrogen-bond donors (Lipinski definition) is 1. The van der Waals surface area contributed by atoms with E-state index in [1.54, 1.807) is 43.3 Å². The minimum absolute atomic E-state index is 0.0261. The molecular weight excluding hydrogens is 633 g/mol. The zero-order valence-electron chi connectivity index (χ0n) is 24.7. The van der Waals surface area contributed by atoms with Gasteiger partial charge in [-0.1, -0.05) is 72.4 Å². The fraction of sp³-hybridized carbons (Fsp3) is 0.355. The van der Waals surface area contributed by atoms with Gasteiger partial charge >= 0.3 is 0 Å². The van der Waals surface area contributed by atoms with Gasteiger partial charge in [0.05, 0.1) is 17.7 Å². The van der Waals surface area contributed by atoms with Gasteiger partial charge in [0.1, 0.15) is 18.3 Å². The summed E-state index contributed by atoms with van der Waals surface area (Å²) in [6, 6.07) is 14.6. The van der Waals surface area contributed by atoms with Gasteiger partial charge in [-0.05, 0) is 74.7 Å². The molecule has 8 nitrogen and oxygen atoms in total. The van der Waals surface area contributed by atoms with Crippen LogP contribution < -0.4 is 14.4 Å². The van der Waals surface area contributed by atoms with Crippen molar-refractivity contribution in [1.29, 1.82) is 0 Å². The van der Waals surface area contributed by atoms with E-state index in [4.69, 9.17) is 39.5 Å². The third-order valence-electron chi connectivity index (χ3n) is 7.04. The lowest BCUT2D eigenvalue weighted by Crippen LogP contribution is -2.53. The van der Waals surface area contributed by atoms with Crippen molar-refractivity contribution in [2.24, 2.45) is 0 Å². The van der Waals surface area contributed by atoms with Gasteiger partial charge in [0.15, 0.2) is 0 Å². The Bertz CT molecular complexity index is 1550. The Morgan fingerprint density at radius 2 is 1.56 bits per heavy atom. The second-order valence-electron chi connectivity index (χ2n) is 10.1. The van der Waals surface area contributed by atoms with Crippen LogP contribution in [0.25, 0.3) is 0 Å². The van der Waals surface area contributed by atoms with E-state index in [1.165, 1.54) is 36.3 Å². The molecule has 3 aromatic rings. The first kappa shape index (κ1) is 34.5. The first-order chi connectivity index (χ1) is 20.3. The van der Waals surface area contributed by atoms with Crippen LogP contribution in [0, 0.1) is 6.92 Å². The van der Waals surface area contributed by atoms with E-state index in [0.29, 0.717) is 22.0 Å². The Labute approximate surface area is 268 Å². The van der Waals surface area contributed by atoms with Crippen LogP contribution >= 0.6 is 34.8 Å². The molecule has 0 saturated heterocycles. The van der Waals surface area contributed by atoms with E-state index in [0.717, 1.165) is 9.87 Å². The molecule has 0 aromatic heterocycles. The van der Waals surface area contributed by atoms with Crippen LogP contribution in [0.5, 0.6) is 5.75 Å². The molecule has 232 valence electrons. The molecule has 43 heavy (non-hydrogen) atoms. The first-order valence-corrected chi connectivity index (χ1v) is 16.4.